The van der Waals surface area contributed by atoms with Gasteiger partial charge in [0.2, 0.25) is 5.82 Å². The number of ether oxygens (including phenoxy) is 1. The molecule has 1 amide bonds. The first kappa shape index (κ1) is 27.0. The summed E-state index contributed by atoms with van der Waals surface area (Å²) in [6.45, 7) is 1.50. The van der Waals surface area contributed by atoms with Crippen LogP contribution in [-0.2, 0) is 6.00 Å². The Morgan fingerprint density at radius 1 is 1.25 bits per heavy atom. The summed E-state index contributed by atoms with van der Waals surface area (Å²) in [5.41, 5.74) is -3.02. The first-order chi connectivity index (χ1) is 16.8. The number of benzene rings is 2. The first-order valence-corrected chi connectivity index (χ1v) is 10.8. The smallest absolute Gasteiger partial charge is 0.374 e. The molecule has 0 aliphatic rings. The summed E-state index contributed by atoms with van der Waals surface area (Å²) in [7, 11) is 0. The third-order valence-corrected chi connectivity index (χ3v) is 5.47. The molecule has 1 heterocycles. The molecule has 0 radical (unpaired) electrons. The van der Waals surface area contributed by atoms with Gasteiger partial charge >= 0.3 is 11.7 Å². The Morgan fingerprint density at radius 3 is 2.44 bits per heavy atom. The Morgan fingerprint density at radius 2 is 1.92 bits per heavy atom. The van der Waals surface area contributed by atoms with Gasteiger partial charge in [-0.05, 0) is 25.1 Å². The van der Waals surface area contributed by atoms with Crippen molar-refractivity contribution in [2.75, 3.05) is 5.32 Å². The Kier molecular flexibility index (Phi) is 7.65. The zero-order chi connectivity index (χ0) is 26.9. The number of rotatable bonds is 8. The second-order valence-electron chi connectivity index (χ2n) is 7.44. The van der Waals surface area contributed by atoms with E-state index in [4.69, 9.17) is 27.9 Å². The highest BCUT2D eigenvalue weighted by molar-refractivity contribution is 6.34. The second-order valence-corrected chi connectivity index (χ2v) is 8.08. The van der Waals surface area contributed by atoms with E-state index in [-0.39, 0.29) is 5.02 Å². The maximum atomic E-state index is 15.1. The van der Waals surface area contributed by atoms with Crippen molar-refractivity contribution in [2.24, 2.45) is 0 Å². The number of para-hydroxylation sites is 1. The van der Waals surface area contributed by atoms with Gasteiger partial charge in [0.1, 0.15) is 29.1 Å². The van der Waals surface area contributed by atoms with Crippen LogP contribution < -0.4 is 15.7 Å². The number of carboxylic acid groups (broad SMARTS) is 1. The van der Waals surface area contributed by atoms with E-state index in [0.717, 1.165) is 13.0 Å². The van der Waals surface area contributed by atoms with Gasteiger partial charge in [-0.15, -0.1) is 16.7 Å². The largest absolute Gasteiger partial charge is 0.484 e. The summed E-state index contributed by atoms with van der Waals surface area (Å²) in [6.07, 6.45) is -1.86. The average molecular weight is 551 g/mol. The quantitative estimate of drug-likeness (QED) is 0.314. The molecule has 0 saturated carbocycles. The van der Waals surface area contributed by atoms with Crippen molar-refractivity contribution < 1.29 is 37.0 Å². The van der Waals surface area contributed by atoms with E-state index in [0.29, 0.717) is 28.3 Å². The normalized spacial score (nSPS) is 12.3. The average Bonchev–Trinajstić information content (AvgIpc) is 3.12. The number of hydrogen-bond donors (Lipinski definition) is 2. The van der Waals surface area contributed by atoms with E-state index < -0.39 is 75.7 Å². The number of nitrogens with one attached hydrogen (secondary N) is 1. The van der Waals surface area contributed by atoms with Crippen LogP contribution >= 0.6 is 23.2 Å². The van der Waals surface area contributed by atoms with Gasteiger partial charge in [-0.2, -0.15) is 4.68 Å². The van der Waals surface area contributed by atoms with E-state index in [9.17, 15) is 32.7 Å². The molecule has 0 aliphatic heterocycles. The lowest BCUT2D eigenvalue weighted by molar-refractivity contribution is -0.0719. The molecular weight excluding hydrogens is 535 g/mol. The summed E-state index contributed by atoms with van der Waals surface area (Å²) in [5, 5.41) is 14.7. The minimum atomic E-state index is -3.43. The van der Waals surface area contributed by atoms with Crippen LogP contribution in [0.15, 0.2) is 35.1 Å². The van der Waals surface area contributed by atoms with Gasteiger partial charge in [0, 0.05) is 13.0 Å². The molecule has 1 atom stereocenters. The van der Waals surface area contributed by atoms with Crippen molar-refractivity contribution in [3.8, 4) is 11.4 Å². The van der Waals surface area contributed by atoms with E-state index in [1.165, 1.54) is 12.1 Å². The topological polar surface area (TPSA) is 115 Å². The molecule has 15 heteroatoms. The van der Waals surface area contributed by atoms with Crippen LogP contribution in [0.4, 0.5) is 23.2 Å². The monoisotopic (exact) mass is 550 g/mol. The van der Waals surface area contributed by atoms with Gasteiger partial charge in [0.05, 0.1) is 16.3 Å². The minimum absolute atomic E-state index is 0.198. The van der Waals surface area contributed by atoms with Gasteiger partial charge in [-0.25, -0.2) is 27.2 Å². The van der Waals surface area contributed by atoms with E-state index >= 15 is 4.39 Å². The highest BCUT2D eigenvalue weighted by Crippen LogP contribution is 2.31. The lowest BCUT2D eigenvalue weighted by Crippen LogP contribution is -2.33. The third-order valence-electron chi connectivity index (χ3n) is 4.91. The van der Waals surface area contributed by atoms with Crippen molar-refractivity contribution in [2.45, 2.75) is 31.9 Å². The van der Waals surface area contributed by atoms with Crippen molar-refractivity contribution in [3.63, 3.8) is 0 Å². The zero-order valence-corrected chi connectivity index (χ0v) is 19.9. The molecule has 3 rings (SSSR count). The Bertz CT molecular complexity index is 1380. The van der Waals surface area contributed by atoms with Crippen LogP contribution in [0.3, 0.4) is 0 Å². The standard InChI is InChI=1S/C21H16Cl2F4N4O5/c1-9(21(2,26)27)36-15-7-14(31-20(35)30(8-22)17(29-31)19(33)34)13(25)6-10(15)18(32)28-16-11(23)4-3-5-12(16)24/h3-7,9H,8H2,1-2H3,(H,28,32)(H,33,34). The number of aromatic carboxylic acids is 1. The maximum absolute atomic E-state index is 15.1. The van der Waals surface area contributed by atoms with Gasteiger partial charge in [0.25, 0.3) is 11.8 Å². The summed E-state index contributed by atoms with van der Waals surface area (Å²) in [4.78, 5) is 36.8. The number of alkyl halides is 3. The van der Waals surface area contributed by atoms with Gasteiger partial charge in [-0.3, -0.25) is 9.36 Å². The molecular formula is C21H16Cl2F4N4O5. The van der Waals surface area contributed by atoms with Gasteiger partial charge in [-0.1, -0.05) is 17.7 Å². The number of hydrogen-bond acceptors (Lipinski definition) is 5. The molecule has 1 unspecified atom stereocenters. The summed E-state index contributed by atoms with van der Waals surface area (Å²) < 4.78 is 62.9. The van der Waals surface area contributed by atoms with Crippen molar-refractivity contribution >= 4 is 40.8 Å². The number of nitrogens with zero attached hydrogens (tertiary/aromatic N) is 3. The van der Waals surface area contributed by atoms with Crippen LogP contribution in [-0.4, -0.2) is 43.4 Å². The fourth-order valence-corrected chi connectivity index (χ4v) is 3.32. The number of aromatic nitrogens is 3. The van der Waals surface area contributed by atoms with Crippen LogP contribution in [0.2, 0.25) is 5.02 Å². The van der Waals surface area contributed by atoms with Gasteiger partial charge < -0.3 is 15.2 Å². The molecule has 0 saturated heterocycles. The molecule has 36 heavy (non-hydrogen) atoms. The van der Waals surface area contributed by atoms with Crippen molar-refractivity contribution in [1.82, 2.24) is 14.3 Å². The Hall–Kier alpha value is -3.58. The predicted octanol–water partition coefficient (Wildman–Crippen LogP) is 4.53. The van der Waals surface area contributed by atoms with Crippen LogP contribution in [0.1, 0.15) is 34.8 Å². The van der Waals surface area contributed by atoms with Crippen LogP contribution in [0.5, 0.6) is 5.75 Å². The highest BCUT2D eigenvalue weighted by Gasteiger charge is 2.34. The molecule has 192 valence electrons. The fraction of sp³-hybridized carbons (Fsp3) is 0.238. The number of carboxylic acids is 1. The second kappa shape index (κ2) is 10.2. The number of carbonyl (C=O) groups is 2. The summed E-state index contributed by atoms with van der Waals surface area (Å²) in [5.74, 6) is -9.95. The van der Waals surface area contributed by atoms with Gasteiger partial charge in [0.15, 0.2) is 6.10 Å². The summed E-state index contributed by atoms with van der Waals surface area (Å²) >= 11 is 11.5. The zero-order valence-electron chi connectivity index (χ0n) is 18.4. The number of amides is 1. The molecule has 2 aromatic carbocycles. The molecule has 0 fully saturated rings. The molecule has 0 aliphatic carbocycles. The Balaban J connectivity index is 2.18. The SMILES string of the molecule is CC(Oc1cc(-n2nc(C(=O)O)n(CCl)c2=O)c(F)cc1C(=O)Nc1c(F)cccc1Cl)C(C)(F)F. The lowest BCUT2D eigenvalue weighted by atomic mass is 10.1. The first-order valence-electron chi connectivity index (χ1n) is 9.89. The number of carbonyl (C=O) groups excluding carboxylic acids is 1. The fourth-order valence-electron chi connectivity index (χ4n) is 2.89. The molecule has 2 N–H and O–H groups in total. The minimum Gasteiger partial charge on any atom is -0.484 e. The predicted molar refractivity (Wildman–Crippen MR) is 121 cm³/mol. The third kappa shape index (κ3) is 5.31. The van der Waals surface area contributed by atoms with E-state index in [1.54, 1.807) is 0 Å². The van der Waals surface area contributed by atoms with E-state index in [2.05, 4.69) is 10.4 Å². The Labute approximate surface area is 209 Å². The van der Waals surface area contributed by atoms with Crippen LogP contribution in [0, 0.1) is 11.6 Å². The number of halogens is 6. The summed E-state index contributed by atoms with van der Waals surface area (Å²) in [6, 6.07) is 4.11. The molecule has 0 bridgehead atoms. The highest BCUT2D eigenvalue weighted by atomic mass is 35.5. The molecule has 3 aromatic rings. The van der Waals surface area contributed by atoms with Crippen molar-refractivity contribution in [3.05, 3.63) is 68.9 Å². The van der Waals surface area contributed by atoms with E-state index in [1.807, 2.05) is 0 Å². The molecule has 0 spiro atoms. The number of anilines is 1. The van der Waals surface area contributed by atoms with Crippen LogP contribution in [0.25, 0.3) is 5.69 Å². The van der Waals surface area contributed by atoms with Crippen molar-refractivity contribution in [1.29, 1.82) is 0 Å². The lowest BCUT2D eigenvalue weighted by Gasteiger charge is -2.23. The maximum Gasteiger partial charge on any atom is 0.374 e. The molecule has 9 nitrogen and oxygen atoms in total. The molecule has 1 aromatic heterocycles.